The third-order valence-electron chi connectivity index (χ3n) is 6.22. The van der Waals surface area contributed by atoms with E-state index in [1.165, 1.54) is 12.1 Å². The number of halogens is 2. The number of piperazine rings is 1. The highest BCUT2D eigenvalue weighted by atomic mass is 19.3. The predicted molar refractivity (Wildman–Crippen MR) is 121 cm³/mol. The van der Waals surface area contributed by atoms with Crippen LogP contribution in [0.15, 0.2) is 49.1 Å². The van der Waals surface area contributed by atoms with Gasteiger partial charge in [0.2, 0.25) is 0 Å². The van der Waals surface area contributed by atoms with Crippen LogP contribution in [0, 0.1) is 0 Å². The van der Waals surface area contributed by atoms with Gasteiger partial charge < -0.3 is 24.5 Å². The SMILES string of the molecule is OCCN1CCN(c2cnn(-c3cnc4[nH]cc(-c5ccc6c(c5)OC(F)(F)O6)c4c3)c2)CC1. The molecule has 0 unspecified atom stereocenters. The number of β-amino-alcohol motifs (C(OH)–C–C–N with tert-alkyl or cyclic N) is 1. The lowest BCUT2D eigenvalue weighted by Crippen LogP contribution is -2.47. The van der Waals surface area contributed by atoms with Gasteiger partial charge in [0, 0.05) is 49.9 Å². The molecule has 6 rings (SSSR count). The Hall–Kier alpha value is -3.70. The van der Waals surface area contributed by atoms with Gasteiger partial charge in [-0.05, 0) is 23.8 Å². The van der Waals surface area contributed by atoms with Crippen molar-refractivity contribution >= 4 is 16.7 Å². The lowest BCUT2D eigenvalue weighted by atomic mass is 10.1. The van der Waals surface area contributed by atoms with Gasteiger partial charge in [0.15, 0.2) is 11.5 Å². The van der Waals surface area contributed by atoms with E-state index >= 15 is 0 Å². The first-order valence-corrected chi connectivity index (χ1v) is 11.0. The molecule has 0 bridgehead atoms. The Morgan fingerprint density at radius 2 is 1.85 bits per heavy atom. The molecule has 3 aromatic heterocycles. The Kier molecular flexibility index (Phi) is 4.89. The molecule has 176 valence electrons. The predicted octanol–water partition coefficient (Wildman–Crippen LogP) is 2.85. The number of nitrogens with zero attached hydrogens (tertiary/aromatic N) is 5. The van der Waals surface area contributed by atoms with Gasteiger partial charge in [-0.25, -0.2) is 9.67 Å². The molecule has 5 heterocycles. The van der Waals surface area contributed by atoms with Crippen molar-refractivity contribution in [3.05, 3.63) is 49.1 Å². The van der Waals surface area contributed by atoms with Crippen molar-refractivity contribution in [2.45, 2.75) is 6.29 Å². The molecule has 34 heavy (non-hydrogen) atoms. The normalized spacial score (nSPS) is 17.6. The number of aromatic nitrogens is 4. The minimum absolute atomic E-state index is 0.00299. The van der Waals surface area contributed by atoms with Gasteiger partial charge in [-0.2, -0.15) is 5.10 Å². The minimum atomic E-state index is -3.65. The summed E-state index contributed by atoms with van der Waals surface area (Å²) in [5, 5.41) is 14.5. The number of aliphatic hydroxyl groups is 1. The Balaban J connectivity index is 1.27. The molecule has 0 aliphatic carbocycles. The Bertz CT molecular complexity index is 1350. The van der Waals surface area contributed by atoms with E-state index in [9.17, 15) is 8.78 Å². The molecule has 11 heteroatoms. The zero-order chi connectivity index (χ0) is 23.3. The molecule has 0 amide bonds. The largest absolute Gasteiger partial charge is 0.586 e. The fraction of sp³-hybridized carbons (Fsp3) is 0.304. The van der Waals surface area contributed by atoms with E-state index in [1.54, 1.807) is 23.1 Å². The molecule has 0 radical (unpaired) electrons. The van der Waals surface area contributed by atoms with E-state index in [1.807, 2.05) is 18.5 Å². The molecule has 0 atom stereocenters. The fourth-order valence-electron chi connectivity index (χ4n) is 4.46. The summed E-state index contributed by atoms with van der Waals surface area (Å²) in [6.45, 7) is 4.40. The van der Waals surface area contributed by atoms with Crippen molar-refractivity contribution in [1.82, 2.24) is 24.6 Å². The van der Waals surface area contributed by atoms with Crippen molar-refractivity contribution in [2.24, 2.45) is 0 Å². The summed E-state index contributed by atoms with van der Waals surface area (Å²) in [5.41, 5.74) is 3.99. The van der Waals surface area contributed by atoms with Gasteiger partial charge in [0.1, 0.15) is 5.65 Å². The molecule has 2 aliphatic heterocycles. The Morgan fingerprint density at radius 3 is 2.68 bits per heavy atom. The van der Waals surface area contributed by atoms with Crippen molar-refractivity contribution in [3.63, 3.8) is 0 Å². The van der Waals surface area contributed by atoms with Crippen LogP contribution in [0.1, 0.15) is 0 Å². The lowest BCUT2D eigenvalue weighted by molar-refractivity contribution is -0.286. The van der Waals surface area contributed by atoms with E-state index in [-0.39, 0.29) is 18.1 Å². The number of hydrogen-bond donors (Lipinski definition) is 2. The third kappa shape index (κ3) is 3.72. The minimum Gasteiger partial charge on any atom is -0.395 e. The van der Waals surface area contributed by atoms with Crippen LogP contribution < -0.4 is 14.4 Å². The van der Waals surface area contributed by atoms with Crippen LogP contribution in [0.4, 0.5) is 14.5 Å². The molecule has 1 fully saturated rings. The summed E-state index contributed by atoms with van der Waals surface area (Å²) in [4.78, 5) is 12.2. The third-order valence-corrected chi connectivity index (χ3v) is 6.22. The van der Waals surface area contributed by atoms with E-state index in [0.717, 1.165) is 48.5 Å². The van der Waals surface area contributed by atoms with Crippen molar-refractivity contribution in [3.8, 4) is 28.3 Å². The monoisotopic (exact) mass is 468 g/mol. The number of H-pyrrole nitrogens is 1. The zero-order valence-corrected chi connectivity index (χ0v) is 18.1. The Morgan fingerprint density at radius 1 is 1.03 bits per heavy atom. The van der Waals surface area contributed by atoms with Crippen LogP contribution in [0.25, 0.3) is 27.8 Å². The molecular weight excluding hydrogens is 446 g/mol. The summed E-state index contributed by atoms with van der Waals surface area (Å²) < 4.78 is 37.7. The second-order valence-electron chi connectivity index (χ2n) is 8.32. The zero-order valence-electron chi connectivity index (χ0n) is 18.1. The van der Waals surface area contributed by atoms with Crippen LogP contribution in [0.3, 0.4) is 0 Å². The molecule has 2 aliphatic rings. The lowest BCUT2D eigenvalue weighted by Gasteiger charge is -2.34. The van der Waals surface area contributed by atoms with Crippen molar-refractivity contribution in [2.75, 3.05) is 44.2 Å². The number of pyridine rings is 1. The quantitative estimate of drug-likeness (QED) is 0.465. The first-order chi connectivity index (χ1) is 16.5. The van der Waals surface area contributed by atoms with Gasteiger partial charge in [-0.15, -0.1) is 8.78 Å². The number of fused-ring (bicyclic) bond motifs is 2. The average molecular weight is 468 g/mol. The molecule has 0 spiro atoms. The number of ether oxygens (including phenoxy) is 2. The van der Waals surface area contributed by atoms with E-state index in [2.05, 4.69) is 34.3 Å². The molecular formula is C23H22F2N6O3. The highest BCUT2D eigenvalue weighted by Gasteiger charge is 2.43. The fourth-order valence-corrected chi connectivity index (χ4v) is 4.46. The Labute approximate surface area is 193 Å². The van der Waals surface area contributed by atoms with Crippen molar-refractivity contribution in [1.29, 1.82) is 0 Å². The maximum absolute atomic E-state index is 13.4. The van der Waals surface area contributed by atoms with Crippen LogP contribution in [0.5, 0.6) is 11.5 Å². The summed E-state index contributed by atoms with van der Waals surface area (Å²) in [5.74, 6) is 0.00503. The summed E-state index contributed by atoms with van der Waals surface area (Å²) in [6.07, 6.45) is 3.68. The first kappa shape index (κ1) is 20.9. The number of aromatic amines is 1. The molecule has 1 aromatic carbocycles. The number of alkyl halides is 2. The second-order valence-corrected chi connectivity index (χ2v) is 8.32. The highest BCUT2D eigenvalue weighted by molar-refractivity contribution is 5.95. The van der Waals surface area contributed by atoms with Crippen LogP contribution in [0.2, 0.25) is 0 Å². The maximum atomic E-state index is 13.4. The van der Waals surface area contributed by atoms with Gasteiger partial charge in [0.05, 0.1) is 36.6 Å². The van der Waals surface area contributed by atoms with E-state index < -0.39 is 6.29 Å². The number of benzene rings is 1. The number of anilines is 1. The average Bonchev–Trinajstić information content (AvgIpc) is 3.54. The van der Waals surface area contributed by atoms with Gasteiger partial charge in [0.25, 0.3) is 0 Å². The van der Waals surface area contributed by atoms with E-state index in [4.69, 9.17) is 5.11 Å². The maximum Gasteiger partial charge on any atom is 0.586 e. The van der Waals surface area contributed by atoms with Gasteiger partial charge in [-0.3, -0.25) is 4.90 Å². The summed E-state index contributed by atoms with van der Waals surface area (Å²) >= 11 is 0. The number of rotatable bonds is 5. The molecule has 4 aromatic rings. The molecule has 9 nitrogen and oxygen atoms in total. The standard InChI is InChI=1S/C23H22F2N6O3/c24-23(25)33-20-2-1-15(9-21(20)34-23)19-13-27-22-18(19)10-16(11-26-22)31-14-17(12-28-31)30-5-3-29(4-6-30)7-8-32/h1-2,9-14,32H,3-8H2,(H,26,27). The molecule has 1 saturated heterocycles. The molecule has 0 saturated carbocycles. The van der Waals surface area contributed by atoms with E-state index in [0.29, 0.717) is 17.8 Å². The topological polar surface area (TPSA) is 91.7 Å². The number of nitrogens with one attached hydrogen (secondary N) is 1. The summed E-state index contributed by atoms with van der Waals surface area (Å²) in [7, 11) is 0. The summed E-state index contributed by atoms with van der Waals surface area (Å²) in [6, 6.07) is 6.68. The van der Waals surface area contributed by atoms with Crippen LogP contribution in [-0.2, 0) is 0 Å². The second kappa shape index (κ2) is 7.96. The van der Waals surface area contributed by atoms with Gasteiger partial charge >= 0.3 is 6.29 Å². The van der Waals surface area contributed by atoms with Gasteiger partial charge in [-0.1, -0.05) is 6.07 Å². The highest BCUT2D eigenvalue weighted by Crippen LogP contribution is 2.43. The molecule has 2 N–H and O–H groups in total. The van der Waals surface area contributed by atoms with Crippen LogP contribution >= 0.6 is 0 Å². The smallest absolute Gasteiger partial charge is 0.395 e. The van der Waals surface area contributed by atoms with Crippen LogP contribution in [-0.4, -0.2) is 75.4 Å². The number of hydrogen-bond acceptors (Lipinski definition) is 7. The first-order valence-electron chi connectivity index (χ1n) is 11.0. The number of aliphatic hydroxyl groups excluding tert-OH is 1. The van der Waals surface area contributed by atoms with Crippen molar-refractivity contribution < 1.29 is 23.4 Å².